The van der Waals surface area contributed by atoms with Crippen LogP contribution in [-0.2, 0) is 28.6 Å². The number of unbranched alkanes of at least 4 members (excludes halogenated alkanes) is 34. The van der Waals surface area contributed by atoms with E-state index in [2.05, 4.69) is 118 Å². The van der Waals surface area contributed by atoms with E-state index in [0.717, 1.165) is 122 Å². The van der Waals surface area contributed by atoms with Crippen molar-refractivity contribution in [2.75, 3.05) is 13.2 Å². The van der Waals surface area contributed by atoms with Crippen molar-refractivity contribution in [3.05, 3.63) is 97.2 Å². The van der Waals surface area contributed by atoms with Crippen LogP contribution in [0.25, 0.3) is 0 Å². The molecule has 0 heterocycles. The van der Waals surface area contributed by atoms with E-state index in [9.17, 15) is 14.4 Å². The fraction of sp³-hybridized carbons (Fsp3) is 0.740. The zero-order valence-corrected chi connectivity index (χ0v) is 52.1. The SMILES string of the molecule is CC/C=C\C/C=C\C/C=C\C/C=C\C/C=C\C/C=C\C/C=C\C/C=C\CCCCCCC(=O)OCC(COC(=O)CCCCCCCCCCCCCCC)OC(=O)CCCCCCCCCCCCCCCCCCCCC. The number of allylic oxidation sites excluding steroid dienone is 16. The van der Waals surface area contributed by atoms with Gasteiger partial charge in [-0.15, -0.1) is 0 Å². The third-order valence-electron chi connectivity index (χ3n) is 14.6. The highest BCUT2D eigenvalue weighted by Gasteiger charge is 2.19. The molecule has 0 aromatic heterocycles. The number of carbonyl (C=O) groups is 3. The molecule has 0 N–H and O–H groups in total. The van der Waals surface area contributed by atoms with Crippen LogP contribution in [-0.4, -0.2) is 37.2 Å². The number of hydrogen-bond acceptors (Lipinski definition) is 6. The highest BCUT2D eigenvalue weighted by atomic mass is 16.6. The second-order valence-corrected chi connectivity index (χ2v) is 22.4. The molecule has 0 radical (unpaired) electrons. The first-order chi connectivity index (χ1) is 39.0. The fourth-order valence-corrected chi connectivity index (χ4v) is 9.58. The third-order valence-corrected chi connectivity index (χ3v) is 14.6. The van der Waals surface area contributed by atoms with Gasteiger partial charge in [-0.1, -0.05) is 323 Å². The van der Waals surface area contributed by atoms with Gasteiger partial charge in [-0.3, -0.25) is 14.4 Å². The number of carbonyl (C=O) groups excluding carboxylic acids is 3. The molecule has 0 amide bonds. The standard InChI is InChI=1S/C73H126O6/c1-4-7-10-13-16-19-22-25-27-29-31-32-33-34-35-36-37-38-39-40-42-43-45-48-51-54-57-60-63-66-72(75)78-69-70(68-77-71(74)65-62-59-56-53-50-47-24-21-18-15-12-9-6-3)79-73(76)67-64-61-58-55-52-49-46-44-41-30-28-26-23-20-17-14-11-8-5-2/h7,10,16,19,25,27,31-32,34-35,37-38,40,42,45,48,70H,4-6,8-9,11-15,17-18,20-24,26,28-30,33,36,39,41,43-44,46-47,49-69H2,1-3H3/b10-7-,19-16-,27-25-,32-31-,35-34-,38-37-,42-40-,48-45-. The Bertz CT molecular complexity index is 1540. The molecule has 0 spiro atoms. The van der Waals surface area contributed by atoms with Crippen LogP contribution in [0.4, 0.5) is 0 Å². The smallest absolute Gasteiger partial charge is 0.306 e. The molecule has 0 saturated carbocycles. The van der Waals surface area contributed by atoms with Crippen molar-refractivity contribution < 1.29 is 28.6 Å². The Morgan fingerprint density at radius 2 is 0.494 bits per heavy atom. The maximum Gasteiger partial charge on any atom is 0.306 e. The topological polar surface area (TPSA) is 78.9 Å². The van der Waals surface area contributed by atoms with Crippen molar-refractivity contribution in [3.8, 4) is 0 Å². The van der Waals surface area contributed by atoms with Crippen LogP contribution in [0.3, 0.4) is 0 Å². The summed E-state index contributed by atoms with van der Waals surface area (Å²) in [5.74, 6) is -0.891. The average molecular weight is 1100 g/mol. The molecule has 0 aromatic carbocycles. The Kier molecular flexibility index (Phi) is 63.7. The third kappa shape index (κ3) is 65.0. The summed E-state index contributed by atoms with van der Waals surface area (Å²) in [6, 6.07) is 0. The van der Waals surface area contributed by atoms with Gasteiger partial charge in [-0.25, -0.2) is 0 Å². The predicted molar refractivity (Wildman–Crippen MR) is 344 cm³/mol. The summed E-state index contributed by atoms with van der Waals surface area (Å²) in [5.41, 5.74) is 0. The van der Waals surface area contributed by atoms with E-state index in [0.29, 0.717) is 19.3 Å². The van der Waals surface area contributed by atoms with Gasteiger partial charge in [-0.2, -0.15) is 0 Å². The molecule has 0 aliphatic heterocycles. The molecule has 79 heavy (non-hydrogen) atoms. The molecule has 6 nitrogen and oxygen atoms in total. The fourth-order valence-electron chi connectivity index (χ4n) is 9.58. The monoisotopic (exact) mass is 1100 g/mol. The molecule has 1 unspecified atom stereocenters. The second-order valence-electron chi connectivity index (χ2n) is 22.4. The normalized spacial score (nSPS) is 12.7. The van der Waals surface area contributed by atoms with Crippen LogP contribution in [0.2, 0.25) is 0 Å². The first-order valence-electron chi connectivity index (χ1n) is 33.7. The summed E-state index contributed by atoms with van der Waals surface area (Å²) in [6.45, 7) is 6.55. The summed E-state index contributed by atoms with van der Waals surface area (Å²) in [6.07, 6.45) is 89.9. The van der Waals surface area contributed by atoms with E-state index in [4.69, 9.17) is 14.2 Å². The van der Waals surface area contributed by atoms with E-state index < -0.39 is 6.10 Å². The number of rotatable bonds is 61. The van der Waals surface area contributed by atoms with Gasteiger partial charge < -0.3 is 14.2 Å². The minimum atomic E-state index is -0.786. The van der Waals surface area contributed by atoms with Gasteiger partial charge in [-0.05, 0) is 83.5 Å². The Hall–Kier alpha value is -3.67. The quantitative estimate of drug-likeness (QED) is 0.0261. The lowest BCUT2D eigenvalue weighted by Gasteiger charge is -2.18. The van der Waals surface area contributed by atoms with Gasteiger partial charge in [0.1, 0.15) is 13.2 Å². The molecule has 0 aromatic rings. The average Bonchev–Trinajstić information content (AvgIpc) is 3.45. The van der Waals surface area contributed by atoms with Gasteiger partial charge in [0, 0.05) is 19.3 Å². The molecular formula is C73H126O6. The lowest BCUT2D eigenvalue weighted by Crippen LogP contribution is -2.30. The van der Waals surface area contributed by atoms with E-state index in [-0.39, 0.29) is 31.1 Å². The number of esters is 3. The summed E-state index contributed by atoms with van der Waals surface area (Å²) >= 11 is 0. The van der Waals surface area contributed by atoms with Crippen LogP contribution in [0, 0.1) is 0 Å². The first-order valence-corrected chi connectivity index (χ1v) is 33.7. The predicted octanol–water partition coefficient (Wildman–Crippen LogP) is 23.2. The maximum atomic E-state index is 12.9. The highest BCUT2D eigenvalue weighted by Crippen LogP contribution is 2.17. The largest absolute Gasteiger partial charge is 0.462 e. The van der Waals surface area contributed by atoms with Crippen molar-refractivity contribution in [2.24, 2.45) is 0 Å². The van der Waals surface area contributed by atoms with Crippen molar-refractivity contribution >= 4 is 17.9 Å². The summed E-state index contributed by atoms with van der Waals surface area (Å²) in [5, 5.41) is 0. The van der Waals surface area contributed by atoms with Crippen molar-refractivity contribution in [3.63, 3.8) is 0 Å². The van der Waals surface area contributed by atoms with Gasteiger partial charge in [0.25, 0.3) is 0 Å². The minimum absolute atomic E-state index is 0.0811. The van der Waals surface area contributed by atoms with Crippen LogP contribution in [0.1, 0.15) is 329 Å². The Balaban J connectivity index is 4.35. The van der Waals surface area contributed by atoms with Crippen molar-refractivity contribution in [1.29, 1.82) is 0 Å². The van der Waals surface area contributed by atoms with E-state index in [1.165, 1.54) is 167 Å². The lowest BCUT2D eigenvalue weighted by molar-refractivity contribution is -0.167. The van der Waals surface area contributed by atoms with E-state index in [1.54, 1.807) is 0 Å². The zero-order valence-electron chi connectivity index (χ0n) is 52.1. The van der Waals surface area contributed by atoms with Crippen LogP contribution in [0.5, 0.6) is 0 Å². The molecule has 0 bridgehead atoms. The molecule has 0 rings (SSSR count). The maximum absolute atomic E-state index is 12.9. The molecule has 454 valence electrons. The van der Waals surface area contributed by atoms with Crippen LogP contribution >= 0.6 is 0 Å². The molecule has 0 aliphatic rings. The summed E-state index contributed by atoms with van der Waals surface area (Å²) < 4.78 is 16.9. The molecule has 0 fully saturated rings. The van der Waals surface area contributed by atoms with Gasteiger partial charge in [0.15, 0.2) is 6.10 Å². The van der Waals surface area contributed by atoms with Crippen LogP contribution in [0.15, 0.2) is 97.2 Å². The van der Waals surface area contributed by atoms with Gasteiger partial charge >= 0.3 is 17.9 Å². The second kappa shape index (κ2) is 66.8. The summed E-state index contributed by atoms with van der Waals surface area (Å²) in [4.78, 5) is 38.4. The number of ether oxygens (including phenoxy) is 3. The van der Waals surface area contributed by atoms with Crippen molar-refractivity contribution in [2.45, 2.75) is 335 Å². The van der Waals surface area contributed by atoms with Gasteiger partial charge in [0.05, 0.1) is 0 Å². The highest BCUT2D eigenvalue weighted by molar-refractivity contribution is 5.71. The first kappa shape index (κ1) is 75.3. The molecule has 0 aliphatic carbocycles. The van der Waals surface area contributed by atoms with E-state index >= 15 is 0 Å². The Morgan fingerprint density at radius 3 is 0.772 bits per heavy atom. The molecule has 6 heteroatoms. The van der Waals surface area contributed by atoms with Crippen LogP contribution < -0.4 is 0 Å². The molecule has 1 atom stereocenters. The van der Waals surface area contributed by atoms with E-state index in [1.807, 2.05) is 0 Å². The zero-order chi connectivity index (χ0) is 57.1. The minimum Gasteiger partial charge on any atom is -0.462 e. The Morgan fingerprint density at radius 1 is 0.266 bits per heavy atom. The molecular weight excluding hydrogens is 973 g/mol. The van der Waals surface area contributed by atoms with Crippen molar-refractivity contribution in [1.82, 2.24) is 0 Å². The van der Waals surface area contributed by atoms with Gasteiger partial charge in [0.2, 0.25) is 0 Å². The lowest BCUT2D eigenvalue weighted by atomic mass is 10.0. The molecule has 0 saturated heterocycles. The Labute approximate surface area is 489 Å². The number of hydrogen-bond donors (Lipinski definition) is 0. The summed E-state index contributed by atoms with van der Waals surface area (Å²) in [7, 11) is 0.